The highest BCUT2D eigenvalue weighted by Gasteiger charge is 2.34. The molecule has 0 saturated carbocycles. The standard InChI is InChI=1S/C16H21F3N2/c1-11(20)13-3-4-14(15(10-13)16(17,18)19)9-12-5-7-21(2)8-6-12/h3-4,10,12H,1,5-9,20H2,2H3. The Labute approximate surface area is 123 Å². The van der Waals surface area contributed by atoms with E-state index in [-0.39, 0.29) is 5.70 Å². The minimum atomic E-state index is -4.35. The Kier molecular flexibility index (Phi) is 4.61. The summed E-state index contributed by atoms with van der Waals surface area (Å²) in [5.41, 5.74) is 5.79. The monoisotopic (exact) mass is 298 g/mol. The van der Waals surface area contributed by atoms with Crippen molar-refractivity contribution in [1.29, 1.82) is 0 Å². The lowest BCUT2D eigenvalue weighted by Gasteiger charge is -2.29. The van der Waals surface area contributed by atoms with Crippen LogP contribution in [0.4, 0.5) is 13.2 Å². The van der Waals surface area contributed by atoms with Gasteiger partial charge in [-0.3, -0.25) is 0 Å². The van der Waals surface area contributed by atoms with E-state index in [0.717, 1.165) is 32.0 Å². The molecule has 5 heteroatoms. The molecule has 0 unspecified atom stereocenters. The van der Waals surface area contributed by atoms with Gasteiger partial charge in [-0.1, -0.05) is 18.7 Å². The fourth-order valence-electron chi connectivity index (χ4n) is 2.80. The van der Waals surface area contributed by atoms with Crippen LogP contribution in [0.1, 0.15) is 29.5 Å². The first-order valence-electron chi connectivity index (χ1n) is 7.11. The van der Waals surface area contributed by atoms with E-state index in [0.29, 0.717) is 23.5 Å². The SMILES string of the molecule is C=C(N)c1ccc(CC2CCN(C)CC2)c(C(F)(F)F)c1. The lowest BCUT2D eigenvalue weighted by molar-refractivity contribution is -0.138. The van der Waals surface area contributed by atoms with Crippen molar-refractivity contribution in [3.8, 4) is 0 Å². The van der Waals surface area contributed by atoms with Crippen LogP contribution >= 0.6 is 0 Å². The number of likely N-dealkylation sites (tertiary alicyclic amines) is 1. The van der Waals surface area contributed by atoms with Crippen LogP contribution in [0.15, 0.2) is 24.8 Å². The minimum Gasteiger partial charge on any atom is -0.399 e. The molecule has 1 heterocycles. The number of piperidine rings is 1. The number of hydrogen-bond acceptors (Lipinski definition) is 2. The van der Waals surface area contributed by atoms with E-state index in [9.17, 15) is 13.2 Å². The lowest BCUT2D eigenvalue weighted by atomic mass is 9.87. The molecule has 0 spiro atoms. The molecular formula is C16H21F3N2. The van der Waals surface area contributed by atoms with Crippen molar-refractivity contribution in [1.82, 2.24) is 4.90 Å². The molecule has 116 valence electrons. The Morgan fingerprint density at radius 1 is 1.33 bits per heavy atom. The van der Waals surface area contributed by atoms with Gasteiger partial charge in [0, 0.05) is 5.70 Å². The van der Waals surface area contributed by atoms with Crippen LogP contribution in [0.5, 0.6) is 0 Å². The molecule has 0 bridgehead atoms. The Morgan fingerprint density at radius 2 is 1.95 bits per heavy atom. The van der Waals surface area contributed by atoms with Gasteiger partial charge >= 0.3 is 6.18 Å². The predicted molar refractivity (Wildman–Crippen MR) is 78.6 cm³/mol. The molecule has 1 aliphatic heterocycles. The highest BCUT2D eigenvalue weighted by Crippen LogP contribution is 2.35. The Bertz CT molecular complexity index is 515. The highest BCUT2D eigenvalue weighted by atomic mass is 19.4. The minimum absolute atomic E-state index is 0.159. The molecule has 1 fully saturated rings. The molecule has 0 radical (unpaired) electrons. The summed E-state index contributed by atoms with van der Waals surface area (Å²) in [6.45, 7) is 5.40. The largest absolute Gasteiger partial charge is 0.416 e. The lowest BCUT2D eigenvalue weighted by Crippen LogP contribution is -2.31. The number of rotatable bonds is 3. The zero-order chi connectivity index (χ0) is 15.6. The van der Waals surface area contributed by atoms with Crippen molar-refractivity contribution in [3.63, 3.8) is 0 Å². The van der Waals surface area contributed by atoms with Crippen LogP contribution in [0.3, 0.4) is 0 Å². The van der Waals surface area contributed by atoms with Crippen LogP contribution < -0.4 is 5.73 Å². The average molecular weight is 298 g/mol. The van der Waals surface area contributed by atoms with Crippen molar-refractivity contribution in [2.24, 2.45) is 11.7 Å². The number of hydrogen-bond donors (Lipinski definition) is 1. The smallest absolute Gasteiger partial charge is 0.399 e. The second-order valence-corrected chi connectivity index (χ2v) is 5.85. The Morgan fingerprint density at radius 3 is 2.48 bits per heavy atom. The van der Waals surface area contributed by atoms with Crippen molar-refractivity contribution >= 4 is 5.70 Å². The van der Waals surface area contributed by atoms with Crippen LogP contribution in [0, 0.1) is 5.92 Å². The molecule has 0 atom stereocenters. The molecule has 2 nitrogen and oxygen atoms in total. The van der Waals surface area contributed by atoms with E-state index < -0.39 is 11.7 Å². The molecule has 0 aliphatic carbocycles. The maximum atomic E-state index is 13.2. The highest BCUT2D eigenvalue weighted by molar-refractivity contribution is 5.61. The van der Waals surface area contributed by atoms with E-state index >= 15 is 0 Å². The number of halogens is 3. The number of benzene rings is 1. The molecule has 0 aromatic heterocycles. The molecule has 1 aliphatic rings. The third-order valence-electron chi connectivity index (χ3n) is 4.13. The van der Waals surface area contributed by atoms with E-state index in [1.165, 1.54) is 0 Å². The van der Waals surface area contributed by atoms with Crippen molar-refractivity contribution < 1.29 is 13.2 Å². The summed E-state index contributed by atoms with van der Waals surface area (Å²) in [5.74, 6) is 0.314. The van der Waals surface area contributed by atoms with Gasteiger partial charge in [0.25, 0.3) is 0 Å². The van der Waals surface area contributed by atoms with E-state index in [1.54, 1.807) is 12.1 Å². The van der Waals surface area contributed by atoms with Gasteiger partial charge in [0.05, 0.1) is 5.56 Å². The first-order chi connectivity index (χ1) is 9.77. The van der Waals surface area contributed by atoms with E-state index in [1.807, 2.05) is 7.05 Å². The van der Waals surface area contributed by atoms with E-state index in [2.05, 4.69) is 11.5 Å². The van der Waals surface area contributed by atoms with Gasteiger partial charge in [-0.25, -0.2) is 0 Å². The van der Waals surface area contributed by atoms with Gasteiger partial charge in [0.2, 0.25) is 0 Å². The van der Waals surface area contributed by atoms with Crippen molar-refractivity contribution in [2.45, 2.75) is 25.4 Å². The van der Waals surface area contributed by atoms with Gasteiger partial charge in [-0.15, -0.1) is 0 Å². The molecule has 21 heavy (non-hydrogen) atoms. The second kappa shape index (κ2) is 6.10. The van der Waals surface area contributed by atoms with Gasteiger partial charge in [0.1, 0.15) is 0 Å². The molecule has 1 aromatic carbocycles. The van der Waals surface area contributed by atoms with E-state index in [4.69, 9.17) is 5.73 Å². The first-order valence-corrected chi connectivity index (χ1v) is 7.11. The molecule has 1 aromatic rings. The van der Waals surface area contributed by atoms with Crippen LogP contribution in [-0.4, -0.2) is 25.0 Å². The topological polar surface area (TPSA) is 29.3 Å². The summed E-state index contributed by atoms with van der Waals surface area (Å²) < 4.78 is 39.7. The first kappa shape index (κ1) is 15.9. The van der Waals surface area contributed by atoms with Gasteiger partial charge in [0.15, 0.2) is 0 Å². The molecule has 2 N–H and O–H groups in total. The number of nitrogens with zero attached hydrogens (tertiary/aromatic N) is 1. The third-order valence-corrected chi connectivity index (χ3v) is 4.13. The summed E-state index contributed by atoms with van der Waals surface area (Å²) >= 11 is 0. The summed E-state index contributed by atoms with van der Waals surface area (Å²) in [6, 6.07) is 4.29. The van der Waals surface area contributed by atoms with Crippen LogP contribution in [-0.2, 0) is 12.6 Å². The van der Waals surface area contributed by atoms with Crippen LogP contribution in [0.25, 0.3) is 5.70 Å². The normalized spacial score (nSPS) is 17.9. The average Bonchev–Trinajstić information content (AvgIpc) is 2.40. The molecule has 2 rings (SSSR count). The van der Waals surface area contributed by atoms with Gasteiger partial charge < -0.3 is 10.6 Å². The molecular weight excluding hydrogens is 277 g/mol. The quantitative estimate of drug-likeness (QED) is 0.925. The van der Waals surface area contributed by atoms with Crippen molar-refractivity contribution in [3.05, 3.63) is 41.5 Å². The number of nitrogens with two attached hydrogens (primary N) is 1. The van der Waals surface area contributed by atoms with Crippen LogP contribution in [0.2, 0.25) is 0 Å². The third kappa shape index (κ3) is 4.00. The predicted octanol–water partition coefficient (Wildman–Crippen LogP) is 3.52. The fourth-order valence-corrected chi connectivity index (χ4v) is 2.80. The van der Waals surface area contributed by atoms with Gasteiger partial charge in [-0.05, 0) is 62.5 Å². The maximum Gasteiger partial charge on any atom is 0.416 e. The zero-order valence-corrected chi connectivity index (χ0v) is 12.2. The maximum absolute atomic E-state index is 13.2. The number of alkyl halides is 3. The summed E-state index contributed by atoms with van der Waals surface area (Å²) in [5, 5.41) is 0. The molecule has 1 saturated heterocycles. The Hall–Kier alpha value is -1.49. The zero-order valence-electron chi connectivity index (χ0n) is 12.2. The summed E-state index contributed by atoms with van der Waals surface area (Å²) in [6.07, 6.45) is -2.00. The second-order valence-electron chi connectivity index (χ2n) is 5.85. The molecule has 0 amide bonds. The Balaban J connectivity index is 2.24. The fraction of sp³-hybridized carbons (Fsp3) is 0.500. The van der Waals surface area contributed by atoms with Crippen molar-refractivity contribution in [2.75, 3.05) is 20.1 Å². The van der Waals surface area contributed by atoms with Gasteiger partial charge in [-0.2, -0.15) is 13.2 Å². The summed E-state index contributed by atoms with van der Waals surface area (Å²) in [4.78, 5) is 2.21. The summed E-state index contributed by atoms with van der Waals surface area (Å²) in [7, 11) is 2.04.